The van der Waals surface area contributed by atoms with Gasteiger partial charge in [0.1, 0.15) is 11.6 Å². The first kappa shape index (κ1) is 14.3. The van der Waals surface area contributed by atoms with Gasteiger partial charge in [0.2, 0.25) is 0 Å². The van der Waals surface area contributed by atoms with Crippen molar-refractivity contribution in [2.75, 3.05) is 12.4 Å². The van der Waals surface area contributed by atoms with Crippen LogP contribution in [0.4, 0.5) is 5.82 Å². The Morgan fingerprint density at radius 2 is 2.23 bits per heavy atom. The Labute approximate surface area is 132 Å². The second kappa shape index (κ2) is 6.44. The van der Waals surface area contributed by atoms with Gasteiger partial charge in [-0.05, 0) is 29.6 Å². The molecule has 3 rings (SSSR count). The van der Waals surface area contributed by atoms with Gasteiger partial charge in [0, 0.05) is 16.5 Å². The molecule has 0 atom stereocenters. The first-order chi connectivity index (χ1) is 10.8. The maximum atomic E-state index is 12.3. The molecule has 1 aromatic carbocycles. The van der Waals surface area contributed by atoms with E-state index in [0.29, 0.717) is 23.7 Å². The Bertz CT molecular complexity index is 765. The minimum atomic E-state index is -0.188. The predicted octanol–water partition coefficient (Wildman–Crippen LogP) is 3.25. The molecule has 2 heterocycles. The van der Waals surface area contributed by atoms with Crippen molar-refractivity contribution < 1.29 is 9.53 Å². The van der Waals surface area contributed by atoms with E-state index in [0.717, 1.165) is 0 Å². The summed E-state index contributed by atoms with van der Waals surface area (Å²) < 4.78 is 6.91. The zero-order valence-corrected chi connectivity index (χ0v) is 12.8. The van der Waals surface area contributed by atoms with Crippen LogP contribution < -0.4 is 10.1 Å². The molecule has 0 aliphatic heterocycles. The minimum Gasteiger partial charge on any atom is -0.497 e. The highest BCUT2D eigenvalue weighted by molar-refractivity contribution is 7.09. The van der Waals surface area contributed by atoms with Crippen LogP contribution >= 0.6 is 11.3 Å². The largest absolute Gasteiger partial charge is 0.497 e. The van der Waals surface area contributed by atoms with Crippen LogP contribution in [-0.2, 0) is 6.54 Å². The Kier molecular flexibility index (Phi) is 4.20. The van der Waals surface area contributed by atoms with Gasteiger partial charge in [-0.1, -0.05) is 12.1 Å². The highest BCUT2D eigenvalue weighted by Crippen LogP contribution is 2.17. The number of ether oxygens (including phenoxy) is 1. The lowest BCUT2D eigenvalue weighted by atomic mass is 10.2. The first-order valence-electron chi connectivity index (χ1n) is 6.76. The highest BCUT2D eigenvalue weighted by Gasteiger charge is 2.11. The van der Waals surface area contributed by atoms with Crippen LogP contribution in [0.2, 0.25) is 0 Å². The number of nitrogens with zero attached hydrogens (tertiary/aromatic N) is 2. The summed E-state index contributed by atoms with van der Waals surface area (Å²) in [5, 5.41) is 9.16. The van der Waals surface area contributed by atoms with Crippen LogP contribution in [0.15, 0.2) is 54.0 Å². The molecule has 112 valence electrons. The number of methoxy groups -OCH3 is 1. The molecule has 3 aromatic rings. The Hall–Kier alpha value is -2.60. The molecule has 0 saturated carbocycles. The van der Waals surface area contributed by atoms with Crippen molar-refractivity contribution >= 4 is 23.1 Å². The predicted molar refractivity (Wildman–Crippen MR) is 86.6 cm³/mol. The third-order valence-corrected chi connectivity index (χ3v) is 4.04. The molecule has 0 aliphatic rings. The molecule has 2 aromatic heterocycles. The van der Waals surface area contributed by atoms with Crippen molar-refractivity contribution in [2.24, 2.45) is 0 Å². The molecule has 0 saturated heterocycles. The van der Waals surface area contributed by atoms with Gasteiger partial charge in [-0.3, -0.25) is 4.79 Å². The molecule has 0 unspecified atom stereocenters. The third-order valence-electron chi connectivity index (χ3n) is 3.18. The Balaban J connectivity index is 1.75. The topological polar surface area (TPSA) is 56.1 Å². The Morgan fingerprint density at radius 3 is 3.00 bits per heavy atom. The average molecular weight is 313 g/mol. The van der Waals surface area contributed by atoms with E-state index in [1.165, 1.54) is 4.88 Å². The van der Waals surface area contributed by atoms with E-state index < -0.39 is 0 Å². The van der Waals surface area contributed by atoms with E-state index >= 15 is 0 Å². The van der Waals surface area contributed by atoms with Crippen LogP contribution in [0.25, 0.3) is 0 Å². The molecule has 6 heteroatoms. The van der Waals surface area contributed by atoms with E-state index in [1.807, 2.05) is 17.5 Å². The summed E-state index contributed by atoms with van der Waals surface area (Å²) in [5.41, 5.74) is 0.545. The molecule has 0 bridgehead atoms. The third kappa shape index (κ3) is 3.17. The molecule has 0 aliphatic carbocycles. The number of carbonyl (C=O) groups is 1. The summed E-state index contributed by atoms with van der Waals surface area (Å²) in [6.45, 7) is 0.637. The quantitative estimate of drug-likeness (QED) is 0.786. The summed E-state index contributed by atoms with van der Waals surface area (Å²) in [5.74, 6) is 1.13. The molecule has 0 fully saturated rings. The summed E-state index contributed by atoms with van der Waals surface area (Å²) >= 11 is 1.66. The van der Waals surface area contributed by atoms with Crippen LogP contribution in [0, 0.1) is 0 Å². The maximum absolute atomic E-state index is 12.3. The molecular weight excluding hydrogens is 298 g/mol. The lowest BCUT2D eigenvalue weighted by Gasteiger charge is -2.09. The standard InChI is InChI=1S/C16H15N3O2S/c1-21-13-5-2-4-12(10-13)16(20)18-15-7-8-17-19(15)11-14-6-3-9-22-14/h2-10H,11H2,1H3,(H,18,20). The van der Waals surface area contributed by atoms with E-state index in [4.69, 9.17) is 4.74 Å². The van der Waals surface area contributed by atoms with E-state index in [2.05, 4.69) is 10.4 Å². The SMILES string of the molecule is COc1cccc(C(=O)Nc2ccnn2Cc2cccs2)c1. The van der Waals surface area contributed by atoms with Gasteiger partial charge < -0.3 is 10.1 Å². The highest BCUT2D eigenvalue weighted by atomic mass is 32.1. The van der Waals surface area contributed by atoms with Crippen molar-refractivity contribution in [3.63, 3.8) is 0 Å². The molecule has 1 N–H and O–H groups in total. The van der Waals surface area contributed by atoms with Gasteiger partial charge in [-0.25, -0.2) is 4.68 Å². The van der Waals surface area contributed by atoms with Gasteiger partial charge in [0.15, 0.2) is 0 Å². The van der Waals surface area contributed by atoms with Gasteiger partial charge in [-0.2, -0.15) is 5.10 Å². The molecule has 1 amide bonds. The fraction of sp³-hybridized carbons (Fsp3) is 0.125. The fourth-order valence-electron chi connectivity index (χ4n) is 2.07. The molecule has 5 nitrogen and oxygen atoms in total. The van der Waals surface area contributed by atoms with Gasteiger partial charge in [0.25, 0.3) is 5.91 Å². The first-order valence-corrected chi connectivity index (χ1v) is 7.64. The number of amides is 1. The summed E-state index contributed by atoms with van der Waals surface area (Å²) in [6, 6.07) is 12.9. The number of rotatable bonds is 5. The van der Waals surface area contributed by atoms with Gasteiger partial charge >= 0.3 is 0 Å². The van der Waals surface area contributed by atoms with E-state index in [-0.39, 0.29) is 5.91 Å². The number of aromatic nitrogens is 2. The summed E-state index contributed by atoms with van der Waals surface area (Å²) in [7, 11) is 1.58. The smallest absolute Gasteiger partial charge is 0.256 e. The van der Waals surface area contributed by atoms with Crippen molar-refractivity contribution in [2.45, 2.75) is 6.54 Å². The summed E-state index contributed by atoms with van der Waals surface area (Å²) in [4.78, 5) is 13.5. The minimum absolute atomic E-state index is 0.188. The number of benzene rings is 1. The number of hydrogen-bond donors (Lipinski definition) is 1. The van der Waals surface area contributed by atoms with Crippen LogP contribution in [0.3, 0.4) is 0 Å². The molecule has 0 spiro atoms. The van der Waals surface area contributed by atoms with Crippen molar-refractivity contribution in [3.05, 3.63) is 64.5 Å². The molecule has 22 heavy (non-hydrogen) atoms. The van der Waals surface area contributed by atoms with Crippen LogP contribution in [0.1, 0.15) is 15.2 Å². The number of hydrogen-bond acceptors (Lipinski definition) is 4. The second-order valence-electron chi connectivity index (χ2n) is 4.64. The maximum Gasteiger partial charge on any atom is 0.256 e. The number of anilines is 1. The van der Waals surface area contributed by atoms with E-state index in [9.17, 15) is 4.79 Å². The van der Waals surface area contributed by atoms with Gasteiger partial charge in [0.05, 0.1) is 19.9 Å². The number of carbonyl (C=O) groups excluding carboxylic acids is 1. The van der Waals surface area contributed by atoms with Crippen molar-refractivity contribution in [1.29, 1.82) is 0 Å². The zero-order chi connectivity index (χ0) is 15.4. The lowest BCUT2D eigenvalue weighted by Crippen LogP contribution is -2.16. The van der Waals surface area contributed by atoms with Gasteiger partial charge in [-0.15, -0.1) is 11.3 Å². The average Bonchev–Trinajstić information content (AvgIpc) is 3.20. The zero-order valence-electron chi connectivity index (χ0n) is 12.0. The number of nitrogens with one attached hydrogen (secondary N) is 1. The molecule has 0 radical (unpaired) electrons. The van der Waals surface area contributed by atoms with Crippen LogP contribution in [0.5, 0.6) is 5.75 Å². The van der Waals surface area contributed by atoms with Crippen molar-refractivity contribution in [3.8, 4) is 5.75 Å². The number of thiophene rings is 1. The normalized spacial score (nSPS) is 10.4. The monoisotopic (exact) mass is 313 g/mol. The summed E-state index contributed by atoms with van der Waals surface area (Å²) in [6.07, 6.45) is 1.68. The molecular formula is C16H15N3O2S. The fourth-order valence-corrected chi connectivity index (χ4v) is 2.75. The van der Waals surface area contributed by atoms with Crippen molar-refractivity contribution in [1.82, 2.24) is 9.78 Å². The lowest BCUT2D eigenvalue weighted by molar-refractivity contribution is 0.102. The van der Waals surface area contributed by atoms with E-state index in [1.54, 1.807) is 59.7 Å². The Morgan fingerprint density at radius 1 is 1.32 bits per heavy atom. The second-order valence-corrected chi connectivity index (χ2v) is 5.67. The van der Waals surface area contributed by atoms with Crippen LogP contribution in [-0.4, -0.2) is 22.8 Å².